The van der Waals surface area contributed by atoms with Crippen LogP contribution in [0.25, 0.3) is 0 Å². The zero-order valence-electron chi connectivity index (χ0n) is 16.2. The van der Waals surface area contributed by atoms with Gasteiger partial charge in [0.2, 0.25) is 0 Å². The molecule has 0 bridgehead atoms. The van der Waals surface area contributed by atoms with Gasteiger partial charge < -0.3 is 14.2 Å². The van der Waals surface area contributed by atoms with Gasteiger partial charge >= 0.3 is 0 Å². The second-order valence-electron chi connectivity index (χ2n) is 7.46. The molecule has 1 aliphatic rings. The number of nitrogens with one attached hydrogen (secondary N) is 1. The molecule has 0 amide bonds. The Balaban J connectivity index is 1.66. The molecule has 0 saturated carbocycles. The first-order valence-corrected chi connectivity index (χ1v) is 8.95. The van der Waals surface area contributed by atoms with Gasteiger partial charge in [-0.25, -0.2) is 4.98 Å². The van der Waals surface area contributed by atoms with E-state index in [1.165, 1.54) is 6.42 Å². The summed E-state index contributed by atoms with van der Waals surface area (Å²) in [6, 6.07) is 5.74. The van der Waals surface area contributed by atoms with Gasteiger partial charge in [-0.3, -0.25) is 10.00 Å². The predicted molar refractivity (Wildman–Crippen MR) is 98.7 cm³/mol. The molecule has 0 aliphatic carbocycles. The molecule has 1 aliphatic heterocycles. The van der Waals surface area contributed by atoms with E-state index in [0.717, 1.165) is 18.8 Å². The molecule has 7 heteroatoms. The van der Waals surface area contributed by atoms with E-state index in [1.807, 2.05) is 12.1 Å². The molecule has 1 saturated heterocycles. The van der Waals surface area contributed by atoms with E-state index in [9.17, 15) is 0 Å². The van der Waals surface area contributed by atoms with E-state index in [0.29, 0.717) is 29.7 Å². The largest absolute Gasteiger partial charge is 0.493 e. The van der Waals surface area contributed by atoms with Crippen molar-refractivity contribution in [3.8, 4) is 17.2 Å². The van der Waals surface area contributed by atoms with Gasteiger partial charge in [-0.1, -0.05) is 0 Å². The number of rotatable bonds is 6. The van der Waals surface area contributed by atoms with Crippen LogP contribution < -0.4 is 14.2 Å². The van der Waals surface area contributed by atoms with Gasteiger partial charge in [-0.2, -0.15) is 5.10 Å². The first-order chi connectivity index (χ1) is 12.4. The second-order valence-corrected chi connectivity index (χ2v) is 7.46. The minimum atomic E-state index is 0.115. The van der Waals surface area contributed by atoms with Crippen molar-refractivity contribution in [1.82, 2.24) is 20.1 Å². The van der Waals surface area contributed by atoms with Crippen LogP contribution in [0.2, 0.25) is 0 Å². The van der Waals surface area contributed by atoms with Crippen LogP contribution in [-0.4, -0.2) is 46.4 Å². The number of ether oxygens (including phenoxy) is 3. The lowest BCUT2D eigenvalue weighted by Gasteiger charge is -2.35. The Hall–Kier alpha value is -2.28. The lowest BCUT2D eigenvalue weighted by atomic mass is 10.0. The molecule has 0 spiro atoms. The Kier molecular flexibility index (Phi) is 5.36. The number of aromatic nitrogens is 3. The lowest BCUT2D eigenvalue weighted by molar-refractivity contribution is 0.117. The highest BCUT2D eigenvalue weighted by atomic mass is 16.5. The van der Waals surface area contributed by atoms with Crippen molar-refractivity contribution in [1.29, 1.82) is 0 Å². The van der Waals surface area contributed by atoms with Crippen molar-refractivity contribution in [3.05, 3.63) is 29.8 Å². The van der Waals surface area contributed by atoms with Crippen LogP contribution in [0.1, 0.15) is 51.3 Å². The number of hydrogen-bond donors (Lipinski definition) is 1. The molecule has 142 valence electrons. The van der Waals surface area contributed by atoms with Gasteiger partial charge in [0.15, 0.2) is 17.3 Å². The van der Waals surface area contributed by atoms with Gasteiger partial charge in [-0.15, -0.1) is 0 Å². The van der Waals surface area contributed by atoms with E-state index in [1.54, 1.807) is 20.3 Å². The van der Waals surface area contributed by atoms with Crippen molar-refractivity contribution in [2.24, 2.45) is 0 Å². The van der Waals surface area contributed by atoms with Crippen LogP contribution in [-0.2, 0) is 6.61 Å². The smallest absolute Gasteiger partial charge is 0.188 e. The van der Waals surface area contributed by atoms with Crippen LogP contribution in [0.5, 0.6) is 17.2 Å². The number of H-pyrrole nitrogens is 1. The van der Waals surface area contributed by atoms with E-state index in [2.05, 4.69) is 40.9 Å². The van der Waals surface area contributed by atoms with Crippen molar-refractivity contribution in [2.45, 2.75) is 51.8 Å². The summed E-state index contributed by atoms with van der Waals surface area (Å²) in [4.78, 5) is 7.14. The number of likely N-dealkylation sites (tertiary alicyclic amines) is 1. The van der Waals surface area contributed by atoms with E-state index >= 15 is 0 Å². The highest BCUT2D eigenvalue weighted by molar-refractivity contribution is 5.45. The molecule has 0 radical (unpaired) electrons. The summed E-state index contributed by atoms with van der Waals surface area (Å²) >= 11 is 0. The number of hydrogen-bond acceptors (Lipinski definition) is 6. The number of benzene rings is 1. The first-order valence-electron chi connectivity index (χ1n) is 8.95. The Morgan fingerprint density at radius 1 is 1.19 bits per heavy atom. The van der Waals surface area contributed by atoms with Gasteiger partial charge in [0, 0.05) is 11.6 Å². The van der Waals surface area contributed by atoms with Gasteiger partial charge in [0.1, 0.15) is 18.2 Å². The molecule has 7 nitrogen and oxygen atoms in total. The third kappa shape index (κ3) is 3.93. The summed E-state index contributed by atoms with van der Waals surface area (Å²) in [6.45, 7) is 8.11. The summed E-state index contributed by atoms with van der Waals surface area (Å²) in [5.74, 6) is 3.56. The molecule has 26 heavy (non-hydrogen) atoms. The van der Waals surface area contributed by atoms with Gasteiger partial charge in [0.05, 0.1) is 20.3 Å². The van der Waals surface area contributed by atoms with Crippen LogP contribution in [0, 0.1) is 0 Å². The molecule has 2 heterocycles. The average Bonchev–Trinajstić information content (AvgIpc) is 3.28. The monoisotopic (exact) mass is 360 g/mol. The van der Waals surface area contributed by atoms with Crippen molar-refractivity contribution in [2.75, 3.05) is 20.8 Å². The third-order valence-corrected chi connectivity index (χ3v) is 4.70. The Bertz CT molecular complexity index is 739. The van der Waals surface area contributed by atoms with Crippen LogP contribution in [0.3, 0.4) is 0 Å². The minimum Gasteiger partial charge on any atom is -0.493 e. The summed E-state index contributed by atoms with van der Waals surface area (Å²) in [6.07, 6.45) is 2.28. The minimum absolute atomic E-state index is 0.115. The molecule has 1 fully saturated rings. The zero-order valence-corrected chi connectivity index (χ0v) is 16.2. The average molecular weight is 360 g/mol. The van der Waals surface area contributed by atoms with Crippen molar-refractivity contribution in [3.63, 3.8) is 0 Å². The highest BCUT2D eigenvalue weighted by Gasteiger charge is 2.35. The van der Waals surface area contributed by atoms with Crippen LogP contribution in [0.4, 0.5) is 0 Å². The fraction of sp³-hybridized carbons (Fsp3) is 0.579. The Morgan fingerprint density at radius 3 is 2.65 bits per heavy atom. The molecular weight excluding hydrogens is 332 g/mol. The summed E-state index contributed by atoms with van der Waals surface area (Å²) in [5, 5.41) is 7.42. The molecule has 1 aromatic carbocycles. The Labute approximate surface area is 154 Å². The third-order valence-electron chi connectivity index (χ3n) is 4.70. The second kappa shape index (κ2) is 7.53. The van der Waals surface area contributed by atoms with Gasteiger partial charge in [0.25, 0.3) is 0 Å². The summed E-state index contributed by atoms with van der Waals surface area (Å²) < 4.78 is 16.3. The zero-order chi connectivity index (χ0) is 18.7. The quantitative estimate of drug-likeness (QED) is 0.852. The summed E-state index contributed by atoms with van der Waals surface area (Å²) in [7, 11) is 3.21. The number of aromatic amines is 1. The van der Waals surface area contributed by atoms with E-state index in [4.69, 9.17) is 14.2 Å². The predicted octanol–water partition coefficient (Wildman–Crippen LogP) is 3.34. The first kappa shape index (κ1) is 18.5. The van der Waals surface area contributed by atoms with Crippen LogP contribution in [0.15, 0.2) is 18.2 Å². The van der Waals surface area contributed by atoms with E-state index in [-0.39, 0.29) is 11.6 Å². The van der Waals surface area contributed by atoms with Gasteiger partial charge in [-0.05, 0) is 52.3 Å². The van der Waals surface area contributed by atoms with Crippen molar-refractivity contribution >= 4 is 0 Å². The maximum Gasteiger partial charge on any atom is 0.188 e. The topological polar surface area (TPSA) is 72.5 Å². The fourth-order valence-electron chi connectivity index (χ4n) is 3.43. The molecule has 1 atom stereocenters. The maximum atomic E-state index is 5.81. The molecule has 2 aromatic rings. The molecule has 3 rings (SSSR count). The highest BCUT2D eigenvalue weighted by Crippen LogP contribution is 2.35. The lowest BCUT2D eigenvalue weighted by Crippen LogP contribution is -2.40. The fourth-order valence-corrected chi connectivity index (χ4v) is 3.43. The number of nitrogens with zero attached hydrogens (tertiary/aromatic N) is 3. The normalized spacial score (nSPS) is 18.1. The molecular formula is C19H28N4O3. The Morgan fingerprint density at radius 2 is 1.96 bits per heavy atom. The van der Waals surface area contributed by atoms with Crippen LogP contribution >= 0.6 is 0 Å². The maximum absolute atomic E-state index is 5.81. The molecule has 1 N–H and O–H groups in total. The molecule has 1 aromatic heterocycles. The van der Waals surface area contributed by atoms with E-state index < -0.39 is 0 Å². The molecule has 0 unspecified atom stereocenters. The summed E-state index contributed by atoms with van der Waals surface area (Å²) in [5.41, 5.74) is 0.115. The van der Waals surface area contributed by atoms with Crippen molar-refractivity contribution < 1.29 is 14.2 Å². The number of methoxy groups -OCH3 is 2. The standard InChI is InChI=1S/C19H28N4O3/c1-19(2,3)23-10-6-7-14(23)18-20-17(21-22-18)12-26-13-8-9-15(24-4)16(11-13)25-5/h8-9,11,14H,6-7,10,12H2,1-5H3,(H,20,21,22)/t14-/m0/s1. The SMILES string of the molecule is COc1ccc(OCc2n[nH]c([C@@H]3CCCN3C(C)(C)C)n2)cc1OC.